The zero-order valence-corrected chi connectivity index (χ0v) is 17.8. The molecule has 0 bridgehead atoms. The van der Waals surface area contributed by atoms with E-state index < -0.39 is 0 Å². The van der Waals surface area contributed by atoms with E-state index in [0.717, 1.165) is 44.4 Å². The third kappa shape index (κ3) is 5.89. The Hall–Kier alpha value is -0.870. The minimum atomic E-state index is 0. The number of nitrogens with zero attached hydrogens (tertiary/aromatic N) is 4. The third-order valence-electron chi connectivity index (χ3n) is 4.24. The average Bonchev–Trinajstić information content (AvgIpc) is 2.75. The van der Waals surface area contributed by atoms with Crippen LogP contribution in [0.3, 0.4) is 0 Å². The van der Waals surface area contributed by atoms with Crippen molar-refractivity contribution in [3.05, 3.63) is 17.0 Å². The predicted molar refractivity (Wildman–Crippen MR) is 108 cm³/mol. The maximum Gasteiger partial charge on any atom is 0.191 e. The first-order chi connectivity index (χ1) is 11.0. The molecule has 1 aromatic rings. The summed E-state index contributed by atoms with van der Waals surface area (Å²) >= 11 is 0. The second kappa shape index (κ2) is 10.2. The summed E-state index contributed by atoms with van der Waals surface area (Å²) in [5.74, 6) is 0.826. The zero-order valence-electron chi connectivity index (χ0n) is 15.4. The zero-order chi connectivity index (χ0) is 16.8. The summed E-state index contributed by atoms with van der Waals surface area (Å²) in [7, 11) is 4.10. The highest BCUT2D eigenvalue weighted by Crippen LogP contribution is 2.12. The molecule has 1 aliphatic rings. The van der Waals surface area contributed by atoms with Crippen LogP contribution < -0.4 is 10.6 Å². The minimum Gasteiger partial charge on any atom is -0.374 e. The third-order valence-corrected chi connectivity index (χ3v) is 4.24. The summed E-state index contributed by atoms with van der Waals surface area (Å²) in [5.41, 5.74) is 3.40. The second-order valence-corrected chi connectivity index (χ2v) is 6.10. The Balaban J connectivity index is 0.00000288. The molecule has 0 radical (unpaired) electrons. The Bertz CT molecular complexity index is 545. The fourth-order valence-electron chi connectivity index (χ4n) is 2.75. The fourth-order valence-corrected chi connectivity index (χ4v) is 2.75. The van der Waals surface area contributed by atoms with Gasteiger partial charge in [0.15, 0.2) is 5.96 Å². The van der Waals surface area contributed by atoms with Gasteiger partial charge < -0.3 is 20.3 Å². The number of nitrogens with one attached hydrogen (secondary N) is 2. The molecule has 2 N–H and O–H groups in total. The summed E-state index contributed by atoms with van der Waals surface area (Å²) in [6, 6.07) is 0. The number of aliphatic imine (C=N–C) groups is 1. The molecule has 0 amide bonds. The average molecular weight is 450 g/mol. The van der Waals surface area contributed by atoms with Crippen molar-refractivity contribution < 1.29 is 4.74 Å². The van der Waals surface area contributed by atoms with Crippen LogP contribution in [0, 0.1) is 13.8 Å². The lowest BCUT2D eigenvalue weighted by Gasteiger charge is -2.30. The van der Waals surface area contributed by atoms with Crippen molar-refractivity contribution >= 4 is 29.9 Å². The number of hydrogen-bond donors (Lipinski definition) is 2. The molecule has 8 heteroatoms. The Kier molecular flexibility index (Phi) is 8.99. The predicted octanol–water partition coefficient (Wildman–Crippen LogP) is 1.04. The Morgan fingerprint density at radius 3 is 2.67 bits per heavy atom. The van der Waals surface area contributed by atoms with Gasteiger partial charge in [0, 0.05) is 44.5 Å². The number of aromatic nitrogens is 2. The fraction of sp³-hybridized carbons (Fsp3) is 0.750. The van der Waals surface area contributed by atoms with Gasteiger partial charge in [0.05, 0.1) is 24.9 Å². The molecular weight excluding hydrogens is 419 g/mol. The molecule has 1 aromatic heterocycles. The topological polar surface area (TPSA) is 66.7 Å². The van der Waals surface area contributed by atoms with Crippen molar-refractivity contribution in [2.75, 3.05) is 39.8 Å². The van der Waals surface area contributed by atoms with Crippen LogP contribution in [-0.4, -0.2) is 66.6 Å². The maximum atomic E-state index is 5.78. The molecule has 0 aromatic carbocycles. The molecule has 138 valence electrons. The van der Waals surface area contributed by atoms with E-state index in [1.165, 1.54) is 11.3 Å². The molecular formula is C16H31IN6O. The summed E-state index contributed by atoms with van der Waals surface area (Å²) in [4.78, 5) is 6.99. The van der Waals surface area contributed by atoms with Crippen molar-refractivity contribution in [1.29, 1.82) is 0 Å². The van der Waals surface area contributed by atoms with Crippen LogP contribution >= 0.6 is 24.0 Å². The first kappa shape index (κ1) is 21.2. The van der Waals surface area contributed by atoms with Crippen molar-refractivity contribution in [1.82, 2.24) is 25.3 Å². The van der Waals surface area contributed by atoms with Crippen molar-refractivity contribution in [3.63, 3.8) is 0 Å². The first-order valence-electron chi connectivity index (χ1n) is 8.32. The van der Waals surface area contributed by atoms with Gasteiger partial charge >= 0.3 is 0 Å². The number of guanidine groups is 1. The molecule has 0 spiro atoms. The van der Waals surface area contributed by atoms with Crippen LogP contribution in [0.4, 0.5) is 0 Å². The number of aryl methyl sites for hydroxylation is 2. The van der Waals surface area contributed by atoms with Gasteiger partial charge in [-0.15, -0.1) is 24.0 Å². The number of morpholine rings is 1. The van der Waals surface area contributed by atoms with Crippen LogP contribution in [0.2, 0.25) is 0 Å². The molecule has 1 fully saturated rings. The van der Waals surface area contributed by atoms with Gasteiger partial charge in [-0.3, -0.25) is 4.68 Å². The van der Waals surface area contributed by atoms with Crippen molar-refractivity contribution in [2.45, 2.75) is 33.4 Å². The summed E-state index contributed by atoms with van der Waals surface area (Å²) < 4.78 is 7.69. The lowest BCUT2D eigenvalue weighted by molar-refractivity contribution is -0.0161. The van der Waals surface area contributed by atoms with Gasteiger partial charge in [-0.1, -0.05) is 0 Å². The van der Waals surface area contributed by atoms with Crippen LogP contribution in [0.1, 0.15) is 23.9 Å². The van der Waals surface area contributed by atoms with Gasteiger partial charge in [0.25, 0.3) is 0 Å². The van der Waals surface area contributed by atoms with Gasteiger partial charge in [-0.2, -0.15) is 5.10 Å². The quantitative estimate of drug-likeness (QED) is 0.399. The van der Waals surface area contributed by atoms with E-state index in [-0.39, 0.29) is 30.1 Å². The lowest BCUT2D eigenvalue weighted by atomic mass is 10.2. The molecule has 0 aliphatic carbocycles. The number of hydrogen-bond acceptors (Lipinski definition) is 4. The van der Waals surface area contributed by atoms with E-state index in [1.54, 1.807) is 0 Å². The van der Waals surface area contributed by atoms with E-state index >= 15 is 0 Å². The second-order valence-electron chi connectivity index (χ2n) is 6.10. The van der Waals surface area contributed by atoms with Gasteiger partial charge in [0.2, 0.25) is 0 Å². The highest BCUT2D eigenvalue weighted by atomic mass is 127. The largest absolute Gasteiger partial charge is 0.374 e. The van der Waals surface area contributed by atoms with Gasteiger partial charge in [-0.05, 0) is 27.8 Å². The SMILES string of the molecule is CCNC(=NCc1c(C)nn(C)c1C)NCC1CN(C)CCO1.I. The molecule has 2 rings (SSSR count). The van der Waals surface area contributed by atoms with Crippen LogP contribution in [0.15, 0.2) is 4.99 Å². The molecule has 1 saturated heterocycles. The number of rotatable bonds is 5. The van der Waals surface area contributed by atoms with E-state index in [4.69, 9.17) is 9.73 Å². The molecule has 1 atom stereocenters. The Labute approximate surface area is 162 Å². The number of likely N-dealkylation sites (N-methyl/N-ethyl adjacent to an activating group) is 1. The van der Waals surface area contributed by atoms with Gasteiger partial charge in [0.1, 0.15) is 0 Å². The van der Waals surface area contributed by atoms with E-state index in [1.807, 2.05) is 18.7 Å². The molecule has 1 aliphatic heterocycles. The molecule has 2 heterocycles. The lowest BCUT2D eigenvalue weighted by Crippen LogP contribution is -2.48. The van der Waals surface area contributed by atoms with Crippen LogP contribution in [0.25, 0.3) is 0 Å². The van der Waals surface area contributed by atoms with Crippen LogP contribution in [0.5, 0.6) is 0 Å². The van der Waals surface area contributed by atoms with E-state index in [2.05, 4.69) is 41.5 Å². The smallest absolute Gasteiger partial charge is 0.191 e. The van der Waals surface area contributed by atoms with Crippen molar-refractivity contribution in [2.24, 2.45) is 12.0 Å². The summed E-state index contributed by atoms with van der Waals surface area (Å²) in [5, 5.41) is 11.1. The van der Waals surface area contributed by atoms with Gasteiger partial charge in [-0.25, -0.2) is 4.99 Å². The monoisotopic (exact) mass is 450 g/mol. The summed E-state index contributed by atoms with van der Waals surface area (Å²) in [6.07, 6.45) is 0.208. The molecule has 1 unspecified atom stereocenters. The van der Waals surface area contributed by atoms with E-state index in [9.17, 15) is 0 Å². The maximum absolute atomic E-state index is 5.78. The molecule has 24 heavy (non-hydrogen) atoms. The van der Waals surface area contributed by atoms with Crippen molar-refractivity contribution in [3.8, 4) is 0 Å². The highest BCUT2D eigenvalue weighted by molar-refractivity contribution is 14.0. The Morgan fingerprint density at radius 1 is 1.33 bits per heavy atom. The number of halogens is 1. The summed E-state index contributed by atoms with van der Waals surface area (Å²) in [6.45, 7) is 11.2. The molecule has 0 saturated carbocycles. The first-order valence-corrected chi connectivity index (χ1v) is 8.32. The number of ether oxygens (including phenoxy) is 1. The van der Waals surface area contributed by atoms with Crippen LogP contribution in [-0.2, 0) is 18.3 Å². The highest BCUT2D eigenvalue weighted by Gasteiger charge is 2.17. The molecule has 7 nitrogen and oxygen atoms in total. The Morgan fingerprint density at radius 2 is 2.08 bits per heavy atom. The standard InChI is InChI=1S/C16H30N6O.HI/c1-6-17-16(18-9-14-11-21(4)7-8-23-14)19-10-15-12(2)20-22(5)13(15)3;/h14H,6-11H2,1-5H3,(H2,17,18,19);1H. The van der Waals surface area contributed by atoms with E-state index in [0.29, 0.717) is 6.54 Å². The minimum absolute atomic E-state index is 0. The normalized spacial score (nSPS) is 19.0.